The van der Waals surface area contributed by atoms with E-state index in [1.807, 2.05) is 42.5 Å². The van der Waals surface area contributed by atoms with Crippen LogP contribution in [-0.2, 0) is 16.0 Å². The van der Waals surface area contributed by atoms with Gasteiger partial charge in [-0.1, -0.05) is 54.1 Å². The van der Waals surface area contributed by atoms with Crippen LogP contribution in [0.2, 0.25) is 5.02 Å². The lowest BCUT2D eigenvalue weighted by Crippen LogP contribution is -2.44. The van der Waals surface area contributed by atoms with Crippen LogP contribution in [0.25, 0.3) is 10.9 Å². The molecule has 0 bridgehead atoms. The van der Waals surface area contributed by atoms with Crippen molar-refractivity contribution in [2.24, 2.45) is 0 Å². The van der Waals surface area contributed by atoms with Crippen molar-refractivity contribution in [3.8, 4) is 0 Å². The minimum atomic E-state index is -0.730. The molecule has 2 saturated heterocycles. The molecular formula is C31H27ClN4O4. The number of para-hydroxylation sites is 2. The number of nitrogens with zero attached hydrogens (tertiary/aromatic N) is 2. The third kappa shape index (κ3) is 3.98. The predicted molar refractivity (Wildman–Crippen MR) is 152 cm³/mol. The topological polar surface area (TPSA) is 94.7 Å². The van der Waals surface area contributed by atoms with E-state index in [0.29, 0.717) is 24.6 Å². The van der Waals surface area contributed by atoms with Gasteiger partial charge in [0.2, 0.25) is 0 Å². The number of carbonyl (C=O) groups is 3. The average Bonchev–Trinajstić information content (AvgIpc) is 3.68. The molecule has 8 nitrogen and oxygen atoms in total. The number of rotatable bonds is 5. The molecule has 0 spiro atoms. The fourth-order valence-corrected chi connectivity index (χ4v) is 6.49. The summed E-state index contributed by atoms with van der Waals surface area (Å²) in [6.45, 7) is 1.07. The number of anilines is 1. The van der Waals surface area contributed by atoms with Crippen molar-refractivity contribution in [2.75, 3.05) is 18.1 Å². The maximum Gasteiger partial charge on any atom is 0.332 e. The molecule has 2 N–H and O–H groups in total. The van der Waals surface area contributed by atoms with E-state index in [4.69, 9.17) is 16.3 Å². The van der Waals surface area contributed by atoms with Gasteiger partial charge in [-0.15, -0.1) is 0 Å². The van der Waals surface area contributed by atoms with Gasteiger partial charge in [0.05, 0.1) is 17.4 Å². The number of nitrogens with one attached hydrogen (secondary N) is 2. The van der Waals surface area contributed by atoms with E-state index in [0.717, 1.165) is 45.5 Å². The van der Waals surface area contributed by atoms with E-state index < -0.39 is 18.1 Å². The number of hydrogen-bond donors (Lipinski definition) is 2. The van der Waals surface area contributed by atoms with Crippen LogP contribution in [0.4, 0.5) is 10.5 Å². The van der Waals surface area contributed by atoms with Crippen LogP contribution in [0.1, 0.15) is 46.1 Å². The molecule has 40 heavy (non-hydrogen) atoms. The summed E-state index contributed by atoms with van der Waals surface area (Å²) in [5.41, 5.74) is 4.17. The first kappa shape index (κ1) is 24.9. The van der Waals surface area contributed by atoms with E-state index in [1.165, 1.54) is 0 Å². The van der Waals surface area contributed by atoms with Crippen LogP contribution in [0.3, 0.4) is 0 Å². The second-order valence-corrected chi connectivity index (χ2v) is 10.9. The minimum absolute atomic E-state index is 0.0255. The summed E-state index contributed by atoms with van der Waals surface area (Å²) in [5.74, 6) is -0.702. The highest BCUT2D eigenvalue weighted by Crippen LogP contribution is 2.45. The Kier molecular flexibility index (Phi) is 6.09. The van der Waals surface area contributed by atoms with Crippen molar-refractivity contribution < 1.29 is 19.1 Å². The number of halogens is 1. The number of aromatic amines is 1. The highest BCUT2D eigenvalue weighted by molar-refractivity contribution is 6.30. The number of imide groups is 1. The molecule has 3 aliphatic heterocycles. The fourth-order valence-electron chi connectivity index (χ4n) is 6.29. The van der Waals surface area contributed by atoms with Gasteiger partial charge in [-0.05, 0) is 54.3 Å². The minimum Gasteiger partial charge on any atom is -0.376 e. The zero-order valence-corrected chi connectivity index (χ0v) is 22.4. The van der Waals surface area contributed by atoms with E-state index >= 15 is 0 Å². The number of amides is 4. The van der Waals surface area contributed by atoms with Crippen molar-refractivity contribution in [1.29, 1.82) is 0 Å². The molecule has 2 fully saturated rings. The third-order valence-corrected chi connectivity index (χ3v) is 8.35. The number of ether oxygens (including phenoxy) is 1. The summed E-state index contributed by atoms with van der Waals surface area (Å²) >= 11 is 6.39. The summed E-state index contributed by atoms with van der Waals surface area (Å²) in [7, 11) is 0. The van der Waals surface area contributed by atoms with E-state index in [9.17, 15) is 14.4 Å². The SMILES string of the molecule is O=C(NC[C@H]1CCCO1)c1ccccc1N1C(=O)[C@@H]2Cc3c([nH]c4ccccc34)[C@@H](c3cccc(Cl)c3)N2C1=O. The molecule has 7 rings (SSSR count). The van der Waals surface area contributed by atoms with Crippen molar-refractivity contribution in [2.45, 2.75) is 37.5 Å². The van der Waals surface area contributed by atoms with Gasteiger partial charge in [-0.2, -0.15) is 0 Å². The van der Waals surface area contributed by atoms with Gasteiger partial charge in [0.25, 0.3) is 11.8 Å². The van der Waals surface area contributed by atoms with Gasteiger partial charge in [0.1, 0.15) is 12.1 Å². The summed E-state index contributed by atoms with van der Waals surface area (Å²) in [5, 5.41) is 4.49. The Morgan fingerprint density at radius 1 is 1.05 bits per heavy atom. The monoisotopic (exact) mass is 554 g/mol. The molecule has 202 valence electrons. The molecule has 0 aliphatic carbocycles. The van der Waals surface area contributed by atoms with Crippen molar-refractivity contribution >= 4 is 46.0 Å². The number of H-pyrrole nitrogens is 1. The summed E-state index contributed by atoms with van der Waals surface area (Å²) in [6, 6.07) is 20.3. The molecule has 3 aliphatic rings. The van der Waals surface area contributed by atoms with Gasteiger partial charge in [-0.3, -0.25) is 14.5 Å². The summed E-state index contributed by atoms with van der Waals surface area (Å²) in [4.78, 5) is 47.9. The first-order valence-corrected chi connectivity index (χ1v) is 13.9. The highest BCUT2D eigenvalue weighted by atomic mass is 35.5. The first-order chi connectivity index (χ1) is 19.5. The number of hydrogen-bond acceptors (Lipinski definition) is 4. The Hall–Kier alpha value is -4.14. The number of benzene rings is 3. The molecular weight excluding hydrogens is 528 g/mol. The van der Waals surface area contributed by atoms with E-state index in [1.54, 1.807) is 35.2 Å². The zero-order valence-electron chi connectivity index (χ0n) is 21.6. The van der Waals surface area contributed by atoms with Gasteiger partial charge in [-0.25, -0.2) is 9.69 Å². The van der Waals surface area contributed by atoms with Crippen LogP contribution in [0.15, 0.2) is 72.8 Å². The number of urea groups is 1. The predicted octanol–water partition coefficient (Wildman–Crippen LogP) is 5.21. The molecule has 4 amide bonds. The molecule has 0 radical (unpaired) electrons. The normalized spacial score (nSPS) is 22.1. The lowest BCUT2D eigenvalue weighted by Gasteiger charge is -2.36. The quantitative estimate of drug-likeness (QED) is 0.331. The van der Waals surface area contributed by atoms with Crippen molar-refractivity contribution in [1.82, 2.24) is 15.2 Å². The molecule has 4 aromatic rings. The number of aromatic nitrogens is 1. The second-order valence-electron chi connectivity index (χ2n) is 10.5. The molecule has 0 unspecified atom stereocenters. The average molecular weight is 555 g/mol. The Morgan fingerprint density at radius 3 is 2.70 bits per heavy atom. The third-order valence-electron chi connectivity index (χ3n) is 8.12. The highest BCUT2D eigenvalue weighted by Gasteiger charge is 2.53. The summed E-state index contributed by atoms with van der Waals surface area (Å²) in [6.07, 6.45) is 2.20. The zero-order chi connectivity index (χ0) is 27.4. The van der Waals surface area contributed by atoms with Gasteiger partial charge < -0.3 is 15.0 Å². The maximum atomic E-state index is 14.2. The van der Waals surface area contributed by atoms with Crippen LogP contribution in [0.5, 0.6) is 0 Å². The molecule has 0 saturated carbocycles. The fraction of sp³-hybridized carbons (Fsp3) is 0.258. The van der Waals surface area contributed by atoms with Crippen LogP contribution >= 0.6 is 11.6 Å². The van der Waals surface area contributed by atoms with Crippen molar-refractivity contribution in [3.63, 3.8) is 0 Å². The summed E-state index contributed by atoms with van der Waals surface area (Å²) < 4.78 is 5.63. The smallest absolute Gasteiger partial charge is 0.332 e. The first-order valence-electron chi connectivity index (χ1n) is 13.5. The Labute approximate surface area is 235 Å². The molecule has 4 heterocycles. The largest absolute Gasteiger partial charge is 0.376 e. The molecule has 9 heteroatoms. The second kappa shape index (κ2) is 9.80. The van der Waals surface area contributed by atoms with E-state index in [-0.39, 0.29) is 29.2 Å². The van der Waals surface area contributed by atoms with Crippen LogP contribution in [-0.4, -0.2) is 53.0 Å². The van der Waals surface area contributed by atoms with Gasteiger partial charge >= 0.3 is 6.03 Å². The van der Waals surface area contributed by atoms with Gasteiger partial charge in [0, 0.05) is 41.2 Å². The maximum absolute atomic E-state index is 14.2. The standard InChI is InChI=1S/C31H27ClN4O4/c32-19-8-5-7-18(15-19)28-27-23(21-10-1-3-12-24(21)34-27)16-26-30(38)36(31(39)35(26)28)25-13-4-2-11-22(25)29(37)33-17-20-9-6-14-40-20/h1-5,7-8,10-13,15,20,26,28,34H,6,9,14,16-17H2,(H,33,37)/t20-,26+,28-/m1/s1. The molecule has 1 aromatic heterocycles. The lowest BCUT2D eigenvalue weighted by atomic mass is 9.89. The molecule has 3 atom stereocenters. The van der Waals surface area contributed by atoms with Crippen molar-refractivity contribution in [3.05, 3.63) is 100 Å². The number of carbonyl (C=O) groups excluding carboxylic acids is 3. The van der Waals surface area contributed by atoms with Crippen LogP contribution < -0.4 is 10.2 Å². The Morgan fingerprint density at radius 2 is 1.88 bits per heavy atom. The number of fused-ring (bicyclic) bond motifs is 4. The Balaban J connectivity index is 1.29. The molecule has 3 aromatic carbocycles. The Bertz CT molecular complexity index is 1660. The lowest BCUT2D eigenvalue weighted by molar-refractivity contribution is -0.120. The van der Waals surface area contributed by atoms with Gasteiger partial charge in [0.15, 0.2) is 0 Å². The van der Waals surface area contributed by atoms with Crippen LogP contribution in [0, 0.1) is 0 Å². The van der Waals surface area contributed by atoms with E-state index in [2.05, 4.69) is 10.3 Å².